The summed E-state index contributed by atoms with van der Waals surface area (Å²) >= 11 is 0. The van der Waals surface area contributed by atoms with Gasteiger partial charge in [0, 0.05) is 18.1 Å². The third-order valence-electron chi connectivity index (χ3n) is 2.41. The highest BCUT2D eigenvalue weighted by molar-refractivity contribution is 5.89. The van der Waals surface area contributed by atoms with Crippen molar-refractivity contribution in [2.24, 2.45) is 5.73 Å². The number of hydrogen-bond donors (Lipinski definition) is 1. The minimum Gasteiger partial charge on any atom is -0.475 e. The van der Waals surface area contributed by atoms with Crippen LogP contribution in [0.4, 0.5) is 0 Å². The van der Waals surface area contributed by atoms with E-state index in [1.807, 2.05) is 38.1 Å². The molecule has 2 aromatic rings. The molecule has 0 bridgehead atoms. The highest BCUT2D eigenvalue weighted by atomic mass is 16.5. The van der Waals surface area contributed by atoms with Crippen LogP contribution in [0.1, 0.15) is 19.4 Å². The predicted octanol–water partition coefficient (Wildman–Crippen LogP) is 2.48. The molecule has 0 aliphatic rings. The molecule has 0 fully saturated rings. The van der Waals surface area contributed by atoms with Gasteiger partial charge in [0.25, 0.3) is 0 Å². The second kappa shape index (κ2) is 4.49. The molecule has 0 unspecified atom stereocenters. The SMILES string of the molecule is CC(C)Oc1ncc(CN)c2ccccc12. The fourth-order valence-electron chi connectivity index (χ4n) is 1.71. The van der Waals surface area contributed by atoms with Crippen LogP contribution in [0, 0.1) is 0 Å². The summed E-state index contributed by atoms with van der Waals surface area (Å²) in [5.74, 6) is 0.683. The number of benzene rings is 1. The molecule has 3 heteroatoms. The Balaban J connectivity index is 2.60. The van der Waals surface area contributed by atoms with Gasteiger partial charge < -0.3 is 10.5 Å². The quantitative estimate of drug-likeness (QED) is 0.857. The average molecular weight is 216 g/mol. The average Bonchev–Trinajstić information content (AvgIpc) is 2.29. The molecule has 0 amide bonds. The van der Waals surface area contributed by atoms with Crippen molar-refractivity contribution in [1.29, 1.82) is 0 Å². The van der Waals surface area contributed by atoms with Crippen LogP contribution in [0.3, 0.4) is 0 Å². The smallest absolute Gasteiger partial charge is 0.221 e. The number of nitrogens with zero attached hydrogens (tertiary/aromatic N) is 1. The van der Waals surface area contributed by atoms with E-state index in [0.29, 0.717) is 12.4 Å². The Morgan fingerprint density at radius 3 is 2.56 bits per heavy atom. The molecule has 2 N–H and O–H groups in total. The fraction of sp³-hybridized carbons (Fsp3) is 0.308. The first-order valence-corrected chi connectivity index (χ1v) is 5.45. The van der Waals surface area contributed by atoms with Crippen LogP contribution < -0.4 is 10.5 Å². The Labute approximate surface area is 95.2 Å². The zero-order valence-electron chi connectivity index (χ0n) is 9.60. The lowest BCUT2D eigenvalue weighted by Gasteiger charge is -2.12. The van der Waals surface area contributed by atoms with E-state index in [0.717, 1.165) is 16.3 Å². The van der Waals surface area contributed by atoms with Crippen LogP contribution in [-0.2, 0) is 6.54 Å². The Morgan fingerprint density at radius 2 is 1.94 bits per heavy atom. The van der Waals surface area contributed by atoms with Crippen LogP contribution in [0.25, 0.3) is 10.8 Å². The summed E-state index contributed by atoms with van der Waals surface area (Å²) in [6.07, 6.45) is 1.92. The van der Waals surface area contributed by atoms with Crippen molar-refractivity contribution in [3.63, 3.8) is 0 Å². The summed E-state index contributed by atoms with van der Waals surface area (Å²) in [6.45, 7) is 4.48. The van der Waals surface area contributed by atoms with Crippen LogP contribution in [0.15, 0.2) is 30.5 Å². The lowest BCUT2D eigenvalue weighted by Crippen LogP contribution is -2.08. The Hall–Kier alpha value is -1.61. The Bertz CT molecular complexity index is 494. The van der Waals surface area contributed by atoms with E-state index in [1.165, 1.54) is 0 Å². The van der Waals surface area contributed by atoms with Crippen LogP contribution in [-0.4, -0.2) is 11.1 Å². The van der Waals surface area contributed by atoms with Gasteiger partial charge in [0.15, 0.2) is 0 Å². The maximum Gasteiger partial charge on any atom is 0.221 e. The molecule has 0 aliphatic carbocycles. The fourth-order valence-corrected chi connectivity index (χ4v) is 1.71. The summed E-state index contributed by atoms with van der Waals surface area (Å²) in [6, 6.07) is 8.05. The van der Waals surface area contributed by atoms with Crippen molar-refractivity contribution < 1.29 is 4.74 Å². The van der Waals surface area contributed by atoms with Crippen LogP contribution in [0.5, 0.6) is 5.88 Å². The molecule has 2 rings (SSSR count). The molecule has 1 aromatic heterocycles. The standard InChI is InChI=1S/C13H16N2O/c1-9(2)16-13-12-6-4-3-5-11(12)10(7-14)8-15-13/h3-6,8-9H,7,14H2,1-2H3. The minimum atomic E-state index is 0.125. The van der Waals surface area contributed by atoms with Gasteiger partial charge in [-0.05, 0) is 30.9 Å². The number of ether oxygens (including phenoxy) is 1. The van der Waals surface area contributed by atoms with E-state index in [9.17, 15) is 0 Å². The molecule has 0 saturated heterocycles. The van der Waals surface area contributed by atoms with Gasteiger partial charge in [0.1, 0.15) is 0 Å². The van der Waals surface area contributed by atoms with Crippen molar-refractivity contribution in [2.45, 2.75) is 26.5 Å². The largest absolute Gasteiger partial charge is 0.475 e. The molecule has 0 aliphatic heterocycles. The van der Waals surface area contributed by atoms with Gasteiger partial charge in [-0.1, -0.05) is 18.2 Å². The van der Waals surface area contributed by atoms with Crippen molar-refractivity contribution in [1.82, 2.24) is 4.98 Å². The summed E-state index contributed by atoms with van der Waals surface area (Å²) in [7, 11) is 0. The van der Waals surface area contributed by atoms with Gasteiger partial charge in [-0.15, -0.1) is 0 Å². The molecule has 0 radical (unpaired) electrons. The van der Waals surface area contributed by atoms with Gasteiger partial charge in [-0.25, -0.2) is 4.98 Å². The number of nitrogens with two attached hydrogens (primary N) is 1. The number of pyridine rings is 1. The zero-order valence-corrected chi connectivity index (χ0v) is 9.60. The maximum absolute atomic E-state index is 5.69. The number of aromatic nitrogens is 1. The molecule has 0 atom stereocenters. The highest BCUT2D eigenvalue weighted by Gasteiger charge is 2.08. The van der Waals surface area contributed by atoms with Crippen molar-refractivity contribution in [2.75, 3.05) is 0 Å². The summed E-state index contributed by atoms with van der Waals surface area (Å²) in [5, 5.41) is 2.15. The van der Waals surface area contributed by atoms with E-state index in [2.05, 4.69) is 4.98 Å². The van der Waals surface area contributed by atoms with E-state index in [4.69, 9.17) is 10.5 Å². The third-order valence-corrected chi connectivity index (χ3v) is 2.41. The molecular formula is C13H16N2O. The number of fused-ring (bicyclic) bond motifs is 1. The van der Waals surface area contributed by atoms with E-state index in [1.54, 1.807) is 6.20 Å². The highest BCUT2D eigenvalue weighted by Crippen LogP contribution is 2.26. The Morgan fingerprint density at radius 1 is 1.25 bits per heavy atom. The van der Waals surface area contributed by atoms with Gasteiger partial charge in [0.05, 0.1) is 6.10 Å². The Kier molecular flexibility index (Phi) is 3.06. The number of hydrogen-bond acceptors (Lipinski definition) is 3. The summed E-state index contributed by atoms with van der Waals surface area (Å²) < 4.78 is 5.68. The predicted molar refractivity (Wildman–Crippen MR) is 65.4 cm³/mol. The van der Waals surface area contributed by atoms with Crippen LogP contribution in [0.2, 0.25) is 0 Å². The monoisotopic (exact) mass is 216 g/mol. The normalized spacial score (nSPS) is 11.0. The molecule has 3 nitrogen and oxygen atoms in total. The van der Waals surface area contributed by atoms with Crippen molar-refractivity contribution in [3.8, 4) is 5.88 Å². The first-order valence-electron chi connectivity index (χ1n) is 5.45. The first kappa shape index (κ1) is 10.9. The minimum absolute atomic E-state index is 0.125. The van der Waals surface area contributed by atoms with Gasteiger partial charge >= 0.3 is 0 Å². The van der Waals surface area contributed by atoms with Crippen molar-refractivity contribution in [3.05, 3.63) is 36.0 Å². The summed E-state index contributed by atoms with van der Waals surface area (Å²) in [5.41, 5.74) is 6.73. The van der Waals surface area contributed by atoms with Gasteiger partial charge in [-0.2, -0.15) is 0 Å². The van der Waals surface area contributed by atoms with Crippen molar-refractivity contribution >= 4 is 10.8 Å². The second-order valence-corrected chi connectivity index (χ2v) is 4.00. The van der Waals surface area contributed by atoms with E-state index >= 15 is 0 Å². The van der Waals surface area contributed by atoms with E-state index in [-0.39, 0.29) is 6.10 Å². The van der Waals surface area contributed by atoms with E-state index < -0.39 is 0 Å². The maximum atomic E-state index is 5.69. The molecule has 16 heavy (non-hydrogen) atoms. The molecule has 0 spiro atoms. The summed E-state index contributed by atoms with van der Waals surface area (Å²) in [4.78, 5) is 4.32. The topological polar surface area (TPSA) is 48.1 Å². The lowest BCUT2D eigenvalue weighted by atomic mass is 10.1. The molecule has 0 saturated carbocycles. The molecule has 84 valence electrons. The second-order valence-electron chi connectivity index (χ2n) is 4.00. The first-order chi connectivity index (χ1) is 7.72. The third kappa shape index (κ3) is 1.99. The molecular weight excluding hydrogens is 200 g/mol. The van der Waals surface area contributed by atoms with Gasteiger partial charge in [-0.3, -0.25) is 0 Å². The molecule has 1 aromatic carbocycles. The zero-order chi connectivity index (χ0) is 11.5. The number of rotatable bonds is 3. The van der Waals surface area contributed by atoms with Gasteiger partial charge in [0.2, 0.25) is 5.88 Å². The lowest BCUT2D eigenvalue weighted by molar-refractivity contribution is 0.236. The van der Waals surface area contributed by atoms with Crippen LogP contribution >= 0.6 is 0 Å². The molecule has 1 heterocycles.